The van der Waals surface area contributed by atoms with Gasteiger partial charge in [0.25, 0.3) is 0 Å². The zero-order valence-electron chi connectivity index (χ0n) is 14.5. The minimum absolute atomic E-state index is 0.338. The largest absolute Gasteiger partial charge is 0.436 e. The Morgan fingerprint density at radius 1 is 1.12 bits per heavy atom. The van der Waals surface area contributed by atoms with E-state index in [9.17, 15) is 4.39 Å². The van der Waals surface area contributed by atoms with Gasteiger partial charge in [-0.05, 0) is 61.4 Å². The van der Waals surface area contributed by atoms with Crippen LogP contribution in [0.15, 0.2) is 59.3 Å². The van der Waals surface area contributed by atoms with E-state index >= 15 is 0 Å². The normalized spacial score (nSPS) is 11.2. The highest BCUT2D eigenvalue weighted by Crippen LogP contribution is 2.25. The predicted molar refractivity (Wildman–Crippen MR) is 99.6 cm³/mol. The second-order valence-electron chi connectivity index (χ2n) is 6.42. The van der Waals surface area contributed by atoms with Gasteiger partial charge in [-0.3, -0.25) is 0 Å². The average Bonchev–Trinajstić information content (AvgIpc) is 3.01. The number of hydrogen-bond donors (Lipinski definition) is 0. The molecule has 0 aliphatic carbocycles. The van der Waals surface area contributed by atoms with E-state index in [0.717, 1.165) is 22.2 Å². The van der Waals surface area contributed by atoms with Crippen LogP contribution in [0.2, 0.25) is 5.02 Å². The van der Waals surface area contributed by atoms with E-state index in [0.29, 0.717) is 17.5 Å². The molecule has 0 aliphatic heterocycles. The lowest BCUT2D eigenvalue weighted by atomic mass is 10.1. The van der Waals surface area contributed by atoms with Gasteiger partial charge in [-0.25, -0.2) is 9.37 Å². The minimum Gasteiger partial charge on any atom is -0.436 e. The van der Waals surface area contributed by atoms with E-state index in [1.165, 1.54) is 23.3 Å². The van der Waals surface area contributed by atoms with Gasteiger partial charge >= 0.3 is 0 Å². The third-order valence-corrected chi connectivity index (χ3v) is 4.83. The van der Waals surface area contributed by atoms with Gasteiger partial charge in [0.05, 0.1) is 5.02 Å². The van der Waals surface area contributed by atoms with Crippen molar-refractivity contribution in [1.29, 1.82) is 0 Å². The zero-order chi connectivity index (χ0) is 18.3. The molecule has 0 saturated heterocycles. The number of nitrogens with zero attached hydrogens (tertiary/aromatic N) is 2. The number of halogens is 2. The number of oxazole rings is 1. The van der Waals surface area contributed by atoms with Crippen LogP contribution < -0.4 is 4.57 Å². The van der Waals surface area contributed by atoms with Crippen LogP contribution in [0, 0.1) is 19.7 Å². The summed E-state index contributed by atoms with van der Waals surface area (Å²) in [5.74, 6) is 0.235. The molecule has 0 aliphatic rings. The van der Waals surface area contributed by atoms with Crippen molar-refractivity contribution in [2.45, 2.75) is 20.4 Å². The highest BCUT2D eigenvalue weighted by Gasteiger charge is 2.14. The second-order valence-corrected chi connectivity index (χ2v) is 6.83. The summed E-state index contributed by atoms with van der Waals surface area (Å²) in [7, 11) is 0. The molecule has 0 fully saturated rings. The number of hydrogen-bond acceptors (Lipinski definition) is 2. The molecule has 2 aromatic heterocycles. The fourth-order valence-corrected chi connectivity index (χ4v) is 3.12. The SMILES string of the molecule is Cc1cc2nc(-c3ccc[n+](Cc4ccc(F)cc4Cl)c3)oc2cc1C. The molecule has 2 heterocycles. The lowest BCUT2D eigenvalue weighted by Crippen LogP contribution is -2.33. The van der Waals surface area contributed by atoms with Crippen molar-refractivity contribution in [1.82, 2.24) is 4.98 Å². The van der Waals surface area contributed by atoms with Crippen molar-refractivity contribution in [3.05, 3.63) is 82.4 Å². The number of aromatic nitrogens is 2. The van der Waals surface area contributed by atoms with Crippen molar-refractivity contribution in [2.24, 2.45) is 0 Å². The molecule has 4 rings (SSSR count). The number of fused-ring (bicyclic) bond motifs is 1. The molecule has 0 saturated carbocycles. The standard InChI is InChI=1S/C21H17ClFN2O/c1-13-8-19-20(9-14(13)2)26-21(24-19)16-4-3-7-25(12-16)11-15-5-6-17(23)10-18(15)22/h3-10,12H,11H2,1-2H3/q+1. The van der Waals surface area contributed by atoms with E-state index < -0.39 is 0 Å². The van der Waals surface area contributed by atoms with E-state index in [1.807, 2.05) is 41.2 Å². The van der Waals surface area contributed by atoms with Gasteiger partial charge in [-0.1, -0.05) is 11.6 Å². The first-order valence-electron chi connectivity index (χ1n) is 8.31. The summed E-state index contributed by atoms with van der Waals surface area (Å²) < 4.78 is 21.1. The van der Waals surface area contributed by atoms with Gasteiger partial charge < -0.3 is 4.42 Å². The molecule has 0 atom stereocenters. The molecule has 26 heavy (non-hydrogen) atoms. The Labute approximate surface area is 155 Å². The first kappa shape index (κ1) is 16.7. The van der Waals surface area contributed by atoms with Crippen molar-refractivity contribution in [3.8, 4) is 11.5 Å². The average molecular weight is 368 g/mol. The van der Waals surface area contributed by atoms with Crippen LogP contribution in [-0.4, -0.2) is 4.98 Å². The highest BCUT2D eigenvalue weighted by atomic mass is 35.5. The van der Waals surface area contributed by atoms with Crippen molar-refractivity contribution in [2.75, 3.05) is 0 Å². The summed E-state index contributed by atoms with van der Waals surface area (Å²) in [5.41, 5.74) is 5.71. The lowest BCUT2D eigenvalue weighted by molar-refractivity contribution is -0.687. The maximum absolute atomic E-state index is 13.2. The molecule has 0 N–H and O–H groups in total. The van der Waals surface area contributed by atoms with Crippen molar-refractivity contribution < 1.29 is 13.4 Å². The minimum atomic E-state index is -0.338. The third kappa shape index (κ3) is 3.20. The maximum atomic E-state index is 13.2. The fraction of sp³-hybridized carbons (Fsp3) is 0.143. The molecule has 4 aromatic rings. The first-order valence-corrected chi connectivity index (χ1v) is 8.68. The van der Waals surface area contributed by atoms with E-state index in [4.69, 9.17) is 16.0 Å². The van der Waals surface area contributed by atoms with Gasteiger partial charge in [0.15, 0.2) is 24.5 Å². The summed E-state index contributed by atoms with van der Waals surface area (Å²) in [6, 6.07) is 12.4. The number of rotatable bonds is 3. The maximum Gasteiger partial charge on any atom is 0.233 e. The van der Waals surface area contributed by atoms with Gasteiger partial charge in [-0.2, -0.15) is 4.57 Å². The molecular formula is C21H17ClFN2O+. The Bertz CT molecular complexity index is 1080. The predicted octanol–water partition coefficient (Wildman–Crippen LogP) is 5.24. The Hall–Kier alpha value is -2.72. The van der Waals surface area contributed by atoms with E-state index in [1.54, 1.807) is 6.07 Å². The molecule has 0 spiro atoms. The molecule has 0 amide bonds. The van der Waals surface area contributed by atoms with Crippen LogP contribution in [0.25, 0.3) is 22.6 Å². The molecule has 0 radical (unpaired) electrons. The molecular weight excluding hydrogens is 351 g/mol. The van der Waals surface area contributed by atoms with Crippen molar-refractivity contribution in [3.63, 3.8) is 0 Å². The Morgan fingerprint density at radius 3 is 2.73 bits per heavy atom. The van der Waals surface area contributed by atoms with Crippen LogP contribution in [0.1, 0.15) is 16.7 Å². The summed E-state index contributed by atoms with van der Waals surface area (Å²) in [5, 5.41) is 0.413. The van der Waals surface area contributed by atoms with Crippen LogP contribution in [0.3, 0.4) is 0 Å². The van der Waals surface area contributed by atoms with E-state index in [-0.39, 0.29) is 5.82 Å². The Balaban J connectivity index is 1.69. The summed E-state index contributed by atoms with van der Waals surface area (Å²) in [6.07, 6.45) is 3.88. The van der Waals surface area contributed by atoms with E-state index in [2.05, 4.69) is 18.8 Å². The summed E-state index contributed by atoms with van der Waals surface area (Å²) >= 11 is 6.14. The second kappa shape index (κ2) is 6.54. The Morgan fingerprint density at radius 2 is 1.92 bits per heavy atom. The quantitative estimate of drug-likeness (QED) is 0.463. The topological polar surface area (TPSA) is 29.9 Å². The summed E-state index contributed by atoms with van der Waals surface area (Å²) in [6.45, 7) is 4.65. The zero-order valence-corrected chi connectivity index (χ0v) is 15.2. The first-order chi connectivity index (χ1) is 12.5. The summed E-state index contributed by atoms with van der Waals surface area (Å²) in [4.78, 5) is 4.61. The lowest BCUT2D eigenvalue weighted by Gasteiger charge is -2.02. The molecule has 2 aromatic carbocycles. The van der Waals surface area contributed by atoms with Crippen LogP contribution in [-0.2, 0) is 6.54 Å². The number of aryl methyl sites for hydroxylation is 2. The molecule has 130 valence electrons. The monoisotopic (exact) mass is 367 g/mol. The van der Waals surface area contributed by atoms with Gasteiger partial charge in [0.2, 0.25) is 5.89 Å². The third-order valence-electron chi connectivity index (χ3n) is 4.48. The van der Waals surface area contributed by atoms with Gasteiger partial charge in [0.1, 0.15) is 16.9 Å². The fourth-order valence-electron chi connectivity index (χ4n) is 2.90. The highest BCUT2D eigenvalue weighted by molar-refractivity contribution is 6.31. The smallest absolute Gasteiger partial charge is 0.233 e. The van der Waals surface area contributed by atoms with Crippen molar-refractivity contribution >= 4 is 22.7 Å². The Kier molecular flexibility index (Phi) is 4.21. The molecule has 5 heteroatoms. The van der Waals surface area contributed by atoms with Gasteiger partial charge in [0, 0.05) is 11.6 Å². The van der Waals surface area contributed by atoms with Crippen LogP contribution in [0.5, 0.6) is 0 Å². The van der Waals surface area contributed by atoms with Crippen LogP contribution in [0.4, 0.5) is 4.39 Å². The molecule has 0 unspecified atom stereocenters. The number of benzene rings is 2. The van der Waals surface area contributed by atoms with Crippen LogP contribution >= 0.6 is 11.6 Å². The molecule has 3 nitrogen and oxygen atoms in total. The molecule has 0 bridgehead atoms. The number of pyridine rings is 1. The van der Waals surface area contributed by atoms with Gasteiger partial charge in [-0.15, -0.1) is 0 Å².